The first-order valence-corrected chi connectivity index (χ1v) is 16.1. The molecule has 3 heterocycles. The molecule has 7 nitrogen and oxygen atoms in total. The van der Waals surface area contributed by atoms with Gasteiger partial charge in [-0.25, -0.2) is 0 Å². The van der Waals surface area contributed by atoms with Crippen LogP contribution in [-0.4, -0.2) is 70.1 Å². The predicted molar refractivity (Wildman–Crippen MR) is 165 cm³/mol. The van der Waals surface area contributed by atoms with Crippen molar-refractivity contribution >= 4 is 46.8 Å². The second kappa shape index (κ2) is 14.3. The molecule has 4 rings (SSSR count). The number of allylic oxidation sites excluding steroid dienone is 1. The smallest absolute Gasteiger partial charge is 0.310 e. The Kier molecular flexibility index (Phi) is 11.0. The standard InChI is InChI=1S/C32H43ClN2O5S/c1-4-6-7-12-20-40-31(39)26-25-21-22(3)32(41-25)27(26)29(37)35(18-10-8-9-11-19-36)28(32)30(38)34(17-5-2)24-15-13-23(33)14-16-24/h4-5,13-16,22,25-28,36H,1-2,6-12,17-21H2,3H3/t22?,25-,26+,27+,28?,32?/m1/s1. The van der Waals surface area contributed by atoms with Crippen LogP contribution in [0, 0.1) is 17.8 Å². The first kappa shape index (κ1) is 31.6. The summed E-state index contributed by atoms with van der Waals surface area (Å²) < 4.78 is 5.03. The maximum absolute atomic E-state index is 14.6. The van der Waals surface area contributed by atoms with Crippen molar-refractivity contribution in [3.05, 3.63) is 54.6 Å². The Hall–Kier alpha value is -2.29. The number of aliphatic hydroxyl groups excluding tert-OH is 1. The molecule has 3 unspecified atom stereocenters. The molecule has 2 bridgehead atoms. The number of amides is 2. The number of esters is 1. The fourth-order valence-electron chi connectivity index (χ4n) is 6.94. The van der Waals surface area contributed by atoms with Gasteiger partial charge in [0.15, 0.2) is 0 Å². The van der Waals surface area contributed by atoms with E-state index in [0.717, 1.165) is 44.9 Å². The van der Waals surface area contributed by atoms with Crippen LogP contribution in [0.4, 0.5) is 5.69 Å². The minimum absolute atomic E-state index is 0.0509. The van der Waals surface area contributed by atoms with Crippen molar-refractivity contribution in [3.63, 3.8) is 0 Å². The molecule has 9 heteroatoms. The molecule has 1 aromatic carbocycles. The lowest BCUT2D eigenvalue weighted by Crippen LogP contribution is -2.57. The molecule has 1 N–H and O–H groups in total. The average Bonchev–Trinajstić information content (AvgIpc) is 3.55. The zero-order chi connectivity index (χ0) is 29.6. The van der Waals surface area contributed by atoms with E-state index in [0.29, 0.717) is 30.3 Å². The molecule has 0 aliphatic carbocycles. The first-order valence-electron chi connectivity index (χ1n) is 14.9. The Morgan fingerprint density at radius 3 is 2.56 bits per heavy atom. The van der Waals surface area contributed by atoms with Crippen LogP contribution in [0.3, 0.4) is 0 Å². The predicted octanol–water partition coefficient (Wildman–Crippen LogP) is 5.65. The highest BCUT2D eigenvalue weighted by molar-refractivity contribution is 8.02. The fraction of sp³-hybridized carbons (Fsp3) is 0.594. The number of carbonyl (C=O) groups excluding carboxylic acids is 3. The molecule has 0 radical (unpaired) electrons. The highest BCUT2D eigenvalue weighted by Crippen LogP contribution is 2.68. The van der Waals surface area contributed by atoms with E-state index < -0.39 is 22.6 Å². The Bertz CT molecular complexity index is 1110. The molecule has 0 saturated carbocycles. The molecule has 6 atom stereocenters. The third-order valence-corrected chi connectivity index (χ3v) is 11.1. The monoisotopic (exact) mass is 602 g/mol. The maximum Gasteiger partial charge on any atom is 0.310 e. The molecule has 2 amide bonds. The van der Waals surface area contributed by atoms with E-state index in [1.54, 1.807) is 39.8 Å². The van der Waals surface area contributed by atoms with Crippen LogP contribution in [-0.2, 0) is 19.1 Å². The molecule has 3 saturated heterocycles. The van der Waals surface area contributed by atoms with Crippen molar-refractivity contribution in [1.29, 1.82) is 0 Å². The van der Waals surface area contributed by atoms with Crippen molar-refractivity contribution in [3.8, 4) is 0 Å². The summed E-state index contributed by atoms with van der Waals surface area (Å²) in [4.78, 5) is 45.8. The number of hydrogen-bond acceptors (Lipinski definition) is 6. The number of ether oxygens (including phenoxy) is 1. The molecule has 3 fully saturated rings. The van der Waals surface area contributed by atoms with Crippen LogP contribution in [0.5, 0.6) is 0 Å². The van der Waals surface area contributed by atoms with Gasteiger partial charge in [-0.3, -0.25) is 14.4 Å². The third kappa shape index (κ3) is 6.25. The normalized spacial score (nSPS) is 28.0. The SMILES string of the molecule is C=CCCCCOC(=O)[C@@H]1[C@H]2C(=O)N(CCCCCCO)C(C(=O)N(CC=C)c3ccc(Cl)cc3)C23S[C@@H]1CC3C. The zero-order valence-electron chi connectivity index (χ0n) is 24.0. The van der Waals surface area contributed by atoms with E-state index in [4.69, 9.17) is 16.3 Å². The van der Waals surface area contributed by atoms with E-state index >= 15 is 0 Å². The Labute approximate surface area is 253 Å². The van der Waals surface area contributed by atoms with Gasteiger partial charge < -0.3 is 19.6 Å². The van der Waals surface area contributed by atoms with E-state index in [1.165, 1.54) is 0 Å². The molecular weight excluding hydrogens is 560 g/mol. The summed E-state index contributed by atoms with van der Waals surface area (Å²) in [5.74, 6) is -1.66. The summed E-state index contributed by atoms with van der Waals surface area (Å²) in [5.41, 5.74) is 0.690. The highest BCUT2D eigenvalue weighted by atomic mass is 35.5. The highest BCUT2D eigenvalue weighted by Gasteiger charge is 2.76. The second-order valence-electron chi connectivity index (χ2n) is 11.4. The van der Waals surface area contributed by atoms with Gasteiger partial charge in [0.25, 0.3) is 5.91 Å². The second-order valence-corrected chi connectivity index (χ2v) is 13.4. The average molecular weight is 603 g/mol. The quantitative estimate of drug-likeness (QED) is 0.149. The van der Waals surface area contributed by atoms with Crippen LogP contribution >= 0.6 is 23.4 Å². The van der Waals surface area contributed by atoms with Crippen LogP contribution < -0.4 is 4.90 Å². The number of carbonyl (C=O) groups is 3. The van der Waals surface area contributed by atoms with Crippen LogP contribution in [0.1, 0.15) is 58.3 Å². The number of aliphatic hydroxyl groups is 1. The van der Waals surface area contributed by atoms with Crippen molar-refractivity contribution in [1.82, 2.24) is 4.90 Å². The van der Waals surface area contributed by atoms with Crippen LogP contribution in [0.2, 0.25) is 5.02 Å². The lowest BCUT2D eigenvalue weighted by Gasteiger charge is -2.40. The lowest BCUT2D eigenvalue weighted by molar-refractivity contribution is -0.154. The van der Waals surface area contributed by atoms with Crippen molar-refractivity contribution in [2.24, 2.45) is 17.8 Å². The Balaban J connectivity index is 1.66. The molecule has 224 valence electrons. The number of rotatable bonds is 16. The van der Waals surface area contributed by atoms with E-state index in [9.17, 15) is 19.5 Å². The number of unbranched alkanes of at least 4 members (excludes halogenated alkanes) is 5. The minimum Gasteiger partial charge on any atom is -0.465 e. The molecule has 0 aromatic heterocycles. The summed E-state index contributed by atoms with van der Waals surface area (Å²) in [7, 11) is 0. The van der Waals surface area contributed by atoms with Gasteiger partial charge in [0, 0.05) is 35.7 Å². The topological polar surface area (TPSA) is 87.1 Å². The van der Waals surface area contributed by atoms with Crippen LogP contribution in [0.25, 0.3) is 0 Å². The number of likely N-dealkylation sites (tertiary alicyclic amines) is 1. The van der Waals surface area contributed by atoms with Gasteiger partial charge >= 0.3 is 5.97 Å². The summed E-state index contributed by atoms with van der Waals surface area (Å²) in [6.07, 6.45) is 9.95. The number of fused-ring (bicyclic) bond motifs is 1. The van der Waals surface area contributed by atoms with Gasteiger partial charge in [-0.1, -0.05) is 43.5 Å². The Morgan fingerprint density at radius 2 is 1.88 bits per heavy atom. The molecule has 3 aliphatic rings. The Morgan fingerprint density at radius 1 is 1.15 bits per heavy atom. The van der Waals surface area contributed by atoms with Crippen molar-refractivity contribution in [2.75, 3.05) is 31.2 Å². The number of anilines is 1. The molecule has 41 heavy (non-hydrogen) atoms. The maximum atomic E-state index is 14.6. The minimum atomic E-state index is -0.706. The van der Waals surface area contributed by atoms with E-state index in [1.807, 2.05) is 18.2 Å². The van der Waals surface area contributed by atoms with Gasteiger partial charge in [0.2, 0.25) is 5.91 Å². The van der Waals surface area contributed by atoms with E-state index in [2.05, 4.69) is 20.1 Å². The van der Waals surface area contributed by atoms with Crippen LogP contribution in [0.15, 0.2) is 49.6 Å². The lowest BCUT2D eigenvalue weighted by atomic mass is 9.66. The first-order chi connectivity index (χ1) is 19.8. The zero-order valence-corrected chi connectivity index (χ0v) is 25.6. The number of nitrogens with zero attached hydrogens (tertiary/aromatic N) is 2. The molecular formula is C32H43ClN2O5S. The molecule has 3 aliphatic heterocycles. The van der Waals surface area contributed by atoms with Gasteiger partial charge in [-0.2, -0.15) is 0 Å². The van der Waals surface area contributed by atoms with Gasteiger partial charge in [0.1, 0.15) is 6.04 Å². The molecule has 1 spiro atoms. The summed E-state index contributed by atoms with van der Waals surface area (Å²) in [5, 5.41) is 9.70. The third-order valence-electron chi connectivity index (χ3n) is 8.82. The van der Waals surface area contributed by atoms with Gasteiger partial charge in [-0.05, 0) is 68.7 Å². The summed E-state index contributed by atoms with van der Waals surface area (Å²) in [6.45, 7) is 10.9. The number of benzene rings is 1. The fourth-order valence-corrected chi connectivity index (χ4v) is 9.46. The van der Waals surface area contributed by atoms with Gasteiger partial charge in [-0.15, -0.1) is 24.9 Å². The molecule has 1 aromatic rings. The summed E-state index contributed by atoms with van der Waals surface area (Å²) >= 11 is 7.80. The summed E-state index contributed by atoms with van der Waals surface area (Å²) in [6, 6.07) is 6.41. The largest absolute Gasteiger partial charge is 0.465 e. The van der Waals surface area contributed by atoms with Crippen molar-refractivity contribution < 1.29 is 24.2 Å². The number of thioether (sulfide) groups is 1. The van der Waals surface area contributed by atoms with Gasteiger partial charge in [0.05, 0.1) is 23.2 Å². The van der Waals surface area contributed by atoms with Crippen molar-refractivity contribution in [2.45, 2.75) is 74.3 Å². The number of halogens is 1. The van der Waals surface area contributed by atoms with E-state index in [-0.39, 0.29) is 42.1 Å². The number of hydrogen-bond donors (Lipinski definition) is 1.